The molecule has 94 valence electrons. The first kappa shape index (κ1) is 12.5. The molecule has 0 fully saturated rings. The zero-order chi connectivity index (χ0) is 13.0. The van der Waals surface area contributed by atoms with E-state index < -0.39 is 0 Å². The van der Waals surface area contributed by atoms with E-state index in [1.807, 2.05) is 6.92 Å². The van der Waals surface area contributed by atoms with E-state index in [9.17, 15) is 4.79 Å². The van der Waals surface area contributed by atoms with Gasteiger partial charge in [0.25, 0.3) is 5.91 Å². The van der Waals surface area contributed by atoms with Gasteiger partial charge in [-0.15, -0.1) is 5.10 Å². The third-order valence-corrected chi connectivity index (χ3v) is 2.41. The number of nitrogens with one attached hydrogen (secondary N) is 2. The zero-order valence-corrected chi connectivity index (χ0v) is 10.5. The number of anilines is 1. The number of aromatic amines is 1. The van der Waals surface area contributed by atoms with Crippen LogP contribution in [0, 0.1) is 0 Å². The summed E-state index contributed by atoms with van der Waals surface area (Å²) in [6.45, 7) is 2.03. The van der Waals surface area contributed by atoms with Gasteiger partial charge in [0.05, 0.1) is 0 Å². The SMILES string of the molecule is CCCc1nc(C(=O)Nc2ccnc(Cl)c2)n[nH]1. The summed E-state index contributed by atoms with van der Waals surface area (Å²) in [6, 6.07) is 3.20. The van der Waals surface area contributed by atoms with Gasteiger partial charge in [-0.1, -0.05) is 18.5 Å². The molecule has 0 radical (unpaired) electrons. The predicted molar refractivity (Wildman–Crippen MR) is 67.6 cm³/mol. The number of nitrogens with zero attached hydrogens (tertiary/aromatic N) is 3. The van der Waals surface area contributed by atoms with Crippen molar-refractivity contribution in [1.29, 1.82) is 0 Å². The van der Waals surface area contributed by atoms with Gasteiger partial charge in [-0.25, -0.2) is 9.97 Å². The maximum absolute atomic E-state index is 11.8. The molecule has 0 unspecified atom stereocenters. The zero-order valence-electron chi connectivity index (χ0n) is 9.77. The summed E-state index contributed by atoms with van der Waals surface area (Å²) in [5.41, 5.74) is 0.557. The lowest BCUT2D eigenvalue weighted by Crippen LogP contribution is -2.13. The Labute approximate surface area is 109 Å². The molecule has 2 aromatic rings. The molecule has 2 N–H and O–H groups in total. The van der Waals surface area contributed by atoms with Crippen LogP contribution in [0.3, 0.4) is 0 Å². The Morgan fingerprint density at radius 2 is 2.39 bits per heavy atom. The van der Waals surface area contributed by atoms with Crippen LogP contribution in [-0.2, 0) is 6.42 Å². The van der Waals surface area contributed by atoms with Crippen LogP contribution in [0.25, 0.3) is 0 Å². The molecule has 0 bridgehead atoms. The summed E-state index contributed by atoms with van der Waals surface area (Å²) in [6.07, 6.45) is 3.22. The summed E-state index contributed by atoms with van der Waals surface area (Å²) in [5.74, 6) is 0.442. The van der Waals surface area contributed by atoms with Crippen LogP contribution in [-0.4, -0.2) is 26.1 Å². The van der Waals surface area contributed by atoms with Crippen LogP contribution >= 0.6 is 11.6 Å². The minimum absolute atomic E-state index is 0.117. The van der Waals surface area contributed by atoms with Crippen LogP contribution in [0.1, 0.15) is 29.8 Å². The van der Waals surface area contributed by atoms with Crippen molar-refractivity contribution in [3.63, 3.8) is 0 Å². The molecule has 0 aliphatic heterocycles. The van der Waals surface area contributed by atoms with Crippen molar-refractivity contribution in [3.05, 3.63) is 35.1 Å². The Morgan fingerprint density at radius 3 is 3.11 bits per heavy atom. The number of aryl methyl sites for hydroxylation is 1. The lowest BCUT2D eigenvalue weighted by Gasteiger charge is -2.01. The van der Waals surface area contributed by atoms with Crippen LogP contribution < -0.4 is 5.32 Å². The maximum Gasteiger partial charge on any atom is 0.295 e. The van der Waals surface area contributed by atoms with E-state index in [0.29, 0.717) is 16.7 Å². The Morgan fingerprint density at radius 1 is 1.56 bits per heavy atom. The molecule has 0 aromatic carbocycles. The van der Waals surface area contributed by atoms with Gasteiger partial charge in [0.1, 0.15) is 11.0 Å². The molecule has 2 rings (SSSR count). The third kappa shape index (κ3) is 3.04. The fourth-order valence-corrected chi connectivity index (χ4v) is 1.59. The average molecular weight is 266 g/mol. The molecule has 7 heteroatoms. The van der Waals surface area contributed by atoms with Crippen molar-refractivity contribution in [3.8, 4) is 0 Å². The molecule has 0 saturated carbocycles. The molecule has 18 heavy (non-hydrogen) atoms. The van der Waals surface area contributed by atoms with E-state index in [-0.39, 0.29) is 11.7 Å². The summed E-state index contributed by atoms with van der Waals surface area (Å²) in [5, 5.41) is 9.54. The van der Waals surface area contributed by atoms with Crippen molar-refractivity contribution in [1.82, 2.24) is 20.2 Å². The van der Waals surface area contributed by atoms with Crippen LogP contribution in [0.15, 0.2) is 18.3 Å². The number of carbonyl (C=O) groups excluding carboxylic acids is 1. The summed E-state index contributed by atoms with van der Waals surface area (Å²) in [7, 11) is 0. The lowest BCUT2D eigenvalue weighted by molar-refractivity contribution is 0.101. The highest BCUT2D eigenvalue weighted by Gasteiger charge is 2.12. The molecule has 0 aliphatic carbocycles. The Hall–Kier alpha value is -1.95. The van der Waals surface area contributed by atoms with E-state index in [4.69, 9.17) is 11.6 Å². The lowest BCUT2D eigenvalue weighted by atomic mass is 10.3. The normalized spacial score (nSPS) is 10.3. The van der Waals surface area contributed by atoms with Crippen molar-refractivity contribution >= 4 is 23.2 Å². The number of rotatable bonds is 4. The number of carbonyl (C=O) groups is 1. The molecule has 0 spiro atoms. The monoisotopic (exact) mass is 265 g/mol. The largest absolute Gasteiger partial charge is 0.319 e. The minimum atomic E-state index is -0.379. The Balaban J connectivity index is 2.07. The van der Waals surface area contributed by atoms with Gasteiger partial charge in [0.15, 0.2) is 0 Å². The smallest absolute Gasteiger partial charge is 0.295 e. The van der Waals surface area contributed by atoms with Gasteiger partial charge in [0.2, 0.25) is 5.82 Å². The van der Waals surface area contributed by atoms with Gasteiger partial charge in [-0.05, 0) is 18.6 Å². The number of pyridine rings is 1. The quantitative estimate of drug-likeness (QED) is 0.829. The summed E-state index contributed by atoms with van der Waals surface area (Å²) in [4.78, 5) is 19.7. The molecule has 6 nitrogen and oxygen atoms in total. The van der Waals surface area contributed by atoms with Crippen molar-refractivity contribution in [2.24, 2.45) is 0 Å². The predicted octanol–water partition coefficient (Wildman–Crippen LogP) is 2.06. The van der Waals surface area contributed by atoms with E-state index >= 15 is 0 Å². The van der Waals surface area contributed by atoms with E-state index in [1.54, 1.807) is 12.1 Å². The topological polar surface area (TPSA) is 83.6 Å². The van der Waals surface area contributed by atoms with E-state index in [0.717, 1.165) is 12.8 Å². The minimum Gasteiger partial charge on any atom is -0.319 e. The van der Waals surface area contributed by atoms with Gasteiger partial charge in [0, 0.05) is 18.3 Å². The van der Waals surface area contributed by atoms with Crippen molar-refractivity contribution < 1.29 is 4.79 Å². The average Bonchev–Trinajstić information content (AvgIpc) is 2.78. The first-order chi connectivity index (χ1) is 8.69. The highest BCUT2D eigenvalue weighted by atomic mass is 35.5. The number of H-pyrrole nitrogens is 1. The number of hydrogen-bond donors (Lipinski definition) is 2. The van der Waals surface area contributed by atoms with Gasteiger partial charge in [-0.3, -0.25) is 9.89 Å². The molecular weight excluding hydrogens is 254 g/mol. The molecular formula is C11H12ClN5O. The summed E-state index contributed by atoms with van der Waals surface area (Å²) < 4.78 is 0. The van der Waals surface area contributed by atoms with Gasteiger partial charge >= 0.3 is 0 Å². The standard InChI is InChI=1S/C11H12ClN5O/c1-2-3-9-15-10(17-16-9)11(18)14-7-4-5-13-8(12)6-7/h4-6H,2-3H2,1H3,(H,13,14,18)(H,15,16,17). The fourth-order valence-electron chi connectivity index (χ4n) is 1.41. The Bertz CT molecular complexity index is 554. The van der Waals surface area contributed by atoms with Crippen LogP contribution in [0.4, 0.5) is 5.69 Å². The number of hydrogen-bond acceptors (Lipinski definition) is 4. The molecule has 0 aliphatic rings. The maximum atomic E-state index is 11.8. The second-order valence-corrected chi connectivity index (χ2v) is 4.06. The second-order valence-electron chi connectivity index (χ2n) is 3.68. The molecule has 0 saturated heterocycles. The first-order valence-corrected chi connectivity index (χ1v) is 5.91. The molecule has 2 aromatic heterocycles. The molecule has 0 atom stereocenters. The highest BCUT2D eigenvalue weighted by molar-refractivity contribution is 6.29. The Kier molecular flexibility index (Phi) is 3.88. The number of aromatic nitrogens is 4. The van der Waals surface area contributed by atoms with Crippen LogP contribution in [0.5, 0.6) is 0 Å². The van der Waals surface area contributed by atoms with Crippen LogP contribution in [0.2, 0.25) is 5.15 Å². The highest BCUT2D eigenvalue weighted by Crippen LogP contribution is 2.12. The molecule has 2 heterocycles. The van der Waals surface area contributed by atoms with Crippen molar-refractivity contribution in [2.45, 2.75) is 19.8 Å². The fraction of sp³-hybridized carbons (Fsp3) is 0.273. The first-order valence-electron chi connectivity index (χ1n) is 5.53. The third-order valence-electron chi connectivity index (χ3n) is 2.21. The van der Waals surface area contributed by atoms with E-state index in [2.05, 4.69) is 25.5 Å². The molecule has 1 amide bonds. The second kappa shape index (κ2) is 5.59. The van der Waals surface area contributed by atoms with Gasteiger partial charge < -0.3 is 5.32 Å². The van der Waals surface area contributed by atoms with E-state index in [1.165, 1.54) is 6.20 Å². The summed E-state index contributed by atoms with van der Waals surface area (Å²) >= 11 is 5.72. The van der Waals surface area contributed by atoms with Crippen molar-refractivity contribution in [2.75, 3.05) is 5.32 Å². The number of amides is 1. The number of halogens is 1. The van der Waals surface area contributed by atoms with Gasteiger partial charge in [-0.2, -0.15) is 0 Å².